The van der Waals surface area contributed by atoms with Gasteiger partial charge in [-0.2, -0.15) is 0 Å². The number of nitrogens with one attached hydrogen (secondary N) is 1. The summed E-state index contributed by atoms with van der Waals surface area (Å²) in [6, 6.07) is 26.8. The second-order valence-corrected chi connectivity index (χ2v) is 15.8. The van der Waals surface area contributed by atoms with Crippen molar-refractivity contribution in [2.75, 3.05) is 55.6 Å². The number of hydrogen-bond acceptors (Lipinski definition) is 8. The van der Waals surface area contributed by atoms with Gasteiger partial charge >= 0.3 is 0 Å². The smallest absolute Gasteiger partial charge is 0.255 e. The number of aromatic nitrogens is 1. The summed E-state index contributed by atoms with van der Waals surface area (Å²) in [7, 11) is 0. The van der Waals surface area contributed by atoms with Crippen molar-refractivity contribution in [1.82, 2.24) is 20.1 Å². The Morgan fingerprint density at radius 3 is 2.28 bits per heavy atom. The van der Waals surface area contributed by atoms with Crippen LogP contribution in [-0.2, 0) is 22.6 Å². The van der Waals surface area contributed by atoms with E-state index >= 15 is 0 Å². The summed E-state index contributed by atoms with van der Waals surface area (Å²) in [5, 5.41) is 12.6. The Morgan fingerprint density at radius 2 is 1.52 bits per heavy atom. The number of fused-ring (bicyclic) bond motifs is 2. The lowest BCUT2D eigenvalue weighted by molar-refractivity contribution is -0.136. The number of piperidine rings is 2. The second-order valence-electron chi connectivity index (χ2n) is 15.8. The van der Waals surface area contributed by atoms with Crippen LogP contribution in [0.25, 0.3) is 0 Å². The van der Waals surface area contributed by atoms with Crippen LogP contribution in [0.4, 0.5) is 11.4 Å². The lowest BCUT2D eigenvalue weighted by Gasteiger charge is -2.40. The van der Waals surface area contributed by atoms with Gasteiger partial charge in [0, 0.05) is 99.4 Å². The van der Waals surface area contributed by atoms with Crippen LogP contribution in [0.15, 0.2) is 85.1 Å². The zero-order chi connectivity index (χ0) is 36.8. The number of aromatic hydroxyl groups is 1. The van der Waals surface area contributed by atoms with Crippen molar-refractivity contribution in [3.63, 3.8) is 0 Å². The van der Waals surface area contributed by atoms with Crippen LogP contribution < -0.4 is 15.1 Å². The Morgan fingerprint density at radius 1 is 0.741 bits per heavy atom. The molecule has 0 bridgehead atoms. The van der Waals surface area contributed by atoms with Gasteiger partial charge < -0.3 is 19.8 Å². The maximum absolute atomic E-state index is 13.1. The van der Waals surface area contributed by atoms with Gasteiger partial charge in [0.25, 0.3) is 5.91 Å². The standard InChI is InChI=1S/C44H48N6O4/c51-35-10-13-36-31(26-35)6-11-38(39-3-1-2-18-45-39)42(36)30-4-7-33(8-5-30)48-19-16-29(17-20-48)27-47-21-23-49(24-22-47)34-9-12-37-32(25-34)28-50(44(37)54)40-14-15-41(52)46-43(40)53/h1-5,7-10,12-13,18,25-26,29,38,40,42,51H,6,11,14-17,19-24,27-28H2,(H,46,52,53)/t38-,40+,42-/m1/s1. The molecule has 3 saturated heterocycles. The van der Waals surface area contributed by atoms with E-state index in [1.165, 1.54) is 35.2 Å². The molecule has 3 aromatic carbocycles. The SMILES string of the molecule is O=C1CC[C@H](N2Cc3cc(N4CCN(CC5CCN(c6ccc([C@@H]7c8ccc(O)cc8CC[C@@H]7c7ccccn7)cc6)CC5)CC4)ccc3C2=O)C(=O)N1. The summed E-state index contributed by atoms with van der Waals surface area (Å²) >= 11 is 0. The topological polar surface area (TPSA) is 109 Å². The van der Waals surface area contributed by atoms with E-state index in [1.807, 2.05) is 36.5 Å². The van der Waals surface area contributed by atoms with Crippen molar-refractivity contribution in [2.24, 2.45) is 5.92 Å². The summed E-state index contributed by atoms with van der Waals surface area (Å²) in [5.41, 5.74) is 9.01. The summed E-state index contributed by atoms with van der Waals surface area (Å²) in [6.45, 7) is 7.60. The Hall–Kier alpha value is -5.22. The molecule has 10 heteroatoms. The number of amides is 3. The minimum atomic E-state index is -0.587. The summed E-state index contributed by atoms with van der Waals surface area (Å²) in [4.78, 5) is 51.2. The zero-order valence-corrected chi connectivity index (χ0v) is 30.7. The van der Waals surface area contributed by atoms with Gasteiger partial charge in [0.05, 0.1) is 0 Å². The van der Waals surface area contributed by atoms with Gasteiger partial charge in [-0.1, -0.05) is 24.3 Å². The molecule has 1 aliphatic carbocycles. The number of anilines is 2. The number of rotatable bonds is 7. The number of phenolic OH excluding ortho intramolecular Hbond substituents is 1. The predicted octanol–water partition coefficient (Wildman–Crippen LogP) is 5.45. The van der Waals surface area contributed by atoms with E-state index in [0.29, 0.717) is 36.1 Å². The van der Waals surface area contributed by atoms with Crippen molar-refractivity contribution in [3.05, 3.63) is 119 Å². The molecule has 5 aliphatic rings. The van der Waals surface area contributed by atoms with E-state index in [0.717, 1.165) is 75.6 Å². The van der Waals surface area contributed by atoms with Crippen LogP contribution >= 0.6 is 0 Å². The first kappa shape index (κ1) is 34.5. The molecule has 9 rings (SSSR count). The largest absolute Gasteiger partial charge is 0.508 e. The molecule has 0 spiro atoms. The Kier molecular flexibility index (Phi) is 9.31. The van der Waals surface area contributed by atoms with Gasteiger partial charge in [-0.05, 0) is 115 Å². The van der Waals surface area contributed by atoms with Crippen LogP contribution in [0.3, 0.4) is 0 Å². The van der Waals surface area contributed by atoms with E-state index in [9.17, 15) is 19.5 Å². The Balaban J connectivity index is 0.780. The zero-order valence-electron chi connectivity index (χ0n) is 30.7. The third kappa shape index (κ3) is 6.72. The van der Waals surface area contributed by atoms with E-state index in [2.05, 4.69) is 68.5 Å². The van der Waals surface area contributed by atoms with Gasteiger partial charge in [-0.3, -0.25) is 29.6 Å². The molecule has 54 heavy (non-hydrogen) atoms. The predicted molar refractivity (Wildman–Crippen MR) is 208 cm³/mol. The Labute approximate surface area is 316 Å². The quantitative estimate of drug-likeness (QED) is 0.243. The molecule has 3 amide bonds. The number of benzene rings is 3. The highest BCUT2D eigenvalue weighted by atomic mass is 16.3. The Bertz CT molecular complexity index is 2040. The summed E-state index contributed by atoms with van der Waals surface area (Å²) < 4.78 is 0. The molecule has 0 unspecified atom stereocenters. The highest BCUT2D eigenvalue weighted by Gasteiger charge is 2.39. The van der Waals surface area contributed by atoms with Crippen LogP contribution in [0.2, 0.25) is 0 Å². The first-order chi connectivity index (χ1) is 26.4. The third-order valence-electron chi connectivity index (χ3n) is 12.6. The molecule has 2 N–H and O–H groups in total. The lowest BCUT2D eigenvalue weighted by atomic mass is 9.70. The van der Waals surface area contributed by atoms with Crippen LogP contribution in [0.1, 0.15) is 82.2 Å². The molecule has 1 aromatic heterocycles. The first-order valence-corrected chi connectivity index (χ1v) is 19.7. The molecule has 278 valence electrons. The van der Waals surface area contributed by atoms with Crippen LogP contribution in [0.5, 0.6) is 5.75 Å². The van der Waals surface area contributed by atoms with E-state index < -0.39 is 6.04 Å². The average Bonchev–Trinajstić information content (AvgIpc) is 3.53. The second kappa shape index (κ2) is 14.5. The summed E-state index contributed by atoms with van der Waals surface area (Å²) in [6.07, 6.45) is 6.86. The first-order valence-electron chi connectivity index (χ1n) is 19.7. The number of phenols is 1. The maximum atomic E-state index is 13.1. The maximum Gasteiger partial charge on any atom is 0.255 e. The fourth-order valence-corrected chi connectivity index (χ4v) is 9.71. The van der Waals surface area contributed by atoms with Crippen molar-refractivity contribution in [2.45, 2.75) is 62.9 Å². The van der Waals surface area contributed by atoms with E-state index in [-0.39, 0.29) is 30.1 Å². The fraction of sp³-hybridized carbons (Fsp3) is 0.409. The average molecular weight is 725 g/mol. The van der Waals surface area contributed by atoms with Crippen LogP contribution in [0, 0.1) is 5.92 Å². The molecule has 3 atom stereocenters. The van der Waals surface area contributed by atoms with Gasteiger partial charge in [0.2, 0.25) is 11.8 Å². The number of aryl methyl sites for hydroxylation is 1. The number of carbonyl (C=O) groups excluding carboxylic acids is 3. The minimum absolute atomic E-state index is 0.123. The number of nitrogens with zero attached hydrogens (tertiary/aromatic N) is 5. The number of imide groups is 1. The molecule has 4 aliphatic heterocycles. The molecule has 0 radical (unpaired) electrons. The van der Waals surface area contributed by atoms with E-state index in [1.54, 1.807) is 4.90 Å². The fourth-order valence-electron chi connectivity index (χ4n) is 9.71. The molecule has 10 nitrogen and oxygen atoms in total. The van der Waals surface area contributed by atoms with Crippen molar-refractivity contribution in [3.8, 4) is 5.75 Å². The van der Waals surface area contributed by atoms with Crippen molar-refractivity contribution >= 4 is 29.1 Å². The third-order valence-corrected chi connectivity index (χ3v) is 12.6. The lowest BCUT2D eigenvalue weighted by Crippen LogP contribution is -2.52. The molecular weight excluding hydrogens is 677 g/mol. The molecule has 4 aromatic rings. The number of pyridine rings is 1. The van der Waals surface area contributed by atoms with Gasteiger partial charge in [0.1, 0.15) is 11.8 Å². The highest BCUT2D eigenvalue weighted by molar-refractivity contribution is 6.05. The molecular formula is C44H48N6O4. The van der Waals surface area contributed by atoms with Gasteiger partial charge in [-0.25, -0.2) is 0 Å². The highest BCUT2D eigenvalue weighted by Crippen LogP contribution is 2.46. The normalized spacial score (nSPS) is 23.7. The summed E-state index contributed by atoms with van der Waals surface area (Å²) in [5.74, 6) is 0.754. The van der Waals surface area contributed by atoms with E-state index in [4.69, 9.17) is 4.98 Å². The van der Waals surface area contributed by atoms with Crippen molar-refractivity contribution < 1.29 is 19.5 Å². The molecule has 3 fully saturated rings. The van der Waals surface area contributed by atoms with Gasteiger partial charge in [-0.15, -0.1) is 0 Å². The monoisotopic (exact) mass is 724 g/mol. The van der Waals surface area contributed by atoms with Crippen molar-refractivity contribution in [1.29, 1.82) is 0 Å². The number of hydrogen-bond donors (Lipinski definition) is 2. The van der Waals surface area contributed by atoms with Crippen LogP contribution in [-0.4, -0.2) is 89.5 Å². The van der Waals surface area contributed by atoms with Gasteiger partial charge in [0.15, 0.2) is 0 Å². The number of piperazine rings is 1. The molecule has 0 saturated carbocycles. The minimum Gasteiger partial charge on any atom is -0.508 e. The molecule has 5 heterocycles. The number of carbonyl (C=O) groups is 3.